The Morgan fingerprint density at radius 1 is 1.41 bits per heavy atom. The first-order valence-electron chi connectivity index (χ1n) is 6.20. The van der Waals surface area contributed by atoms with Crippen LogP contribution in [0.4, 0.5) is 0 Å². The molecular formula is C11H23O5P. The summed E-state index contributed by atoms with van der Waals surface area (Å²) in [6.45, 7) is 6.76. The summed E-state index contributed by atoms with van der Waals surface area (Å²) < 4.78 is 28.2. The van der Waals surface area contributed by atoms with E-state index in [1.54, 1.807) is 13.8 Å². The first-order valence-corrected chi connectivity index (χ1v) is 7.93. The molecule has 1 heterocycles. The number of ether oxygens (including phenoxy) is 1. The van der Waals surface area contributed by atoms with Gasteiger partial charge in [-0.05, 0) is 26.2 Å². The second-order valence-corrected chi connectivity index (χ2v) is 6.40. The minimum Gasteiger partial charge on any atom is -0.390 e. The fraction of sp³-hybridized carbons (Fsp3) is 1.00. The lowest BCUT2D eigenvalue weighted by Gasteiger charge is -2.25. The third-order valence-electron chi connectivity index (χ3n) is 2.83. The zero-order chi connectivity index (χ0) is 12.9. The lowest BCUT2D eigenvalue weighted by molar-refractivity contribution is 0.0112. The summed E-state index contributed by atoms with van der Waals surface area (Å²) in [4.78, 5) is 0. The highest BCUT2D eigenvalue weighted by atomic mass is 31.2. The molecule has 0 saturated carbocycles. The van der Waals surface area contributed by atoms with Gasteiger partial charge in [0.05, 0.1) is 31.6 Å². The zero-order valence-electron chi connectivity index (χ0n) is 10.8. The van der Waals surface area contributed by atoms with Gasteiger partial charge in [-0.1, -0.05) is 6.92 Å². The summed E-state index contributed by atoms with van der Waals surface area (Å²) in [7, 11) is -3.05. The zero-order valence-corrected chi connectivity index (χ0v) is 11.7. The van der Waals surface area contributed by atoms with Crippen molar-refractivity contribution in [2.45, 2.75) is 39.4 Å². The molecule has 3 atom stereocenters. The molecule has 0 aromatic carbocycles. The van der Waals surface area contributed by atoms with E-state index >= 15 is 0 Å². The molecule has 5 nitrogen and oxygen atoms in total. The molecule has 0 aromatic heterocycles. The molecule has 0 radical (unpaired) electrons. The first kappa shape index (κ1) is 15.1. The Hall–Kier alpha value is 0.0700. The maximum atomic E-state index is 12.3. The normalized spacial score (nSPS) is 27.3. The van der Waals surface area contributed by atoms with Crippen LogP contribution >= 0.6 is 7.60 Å². The van der Waals surface area contributed by atoms with E-state index in [4.69, 9.17) is 13.8 Å². The van der Waals surface area contributed by atoms with Gasteiger partial charge in [-0.3, -0.25) is 4.57 Å². The summed E-state index contributed by atoms with van der Waals surface area (Å²) in [5, 5.41) is 9.72. The number of aliphatic hydroxyl groups is 1. The molecule has 0 bridgehead atoms. The average molecular weight is 266 g/mol. The molecule has 1 aliphatic rings. The van der Waals surface area contributed by atoms with Crippen molar-refractivity contribution in [2.75, 3.05) is 26.0 Å². The van der Waals surface area contributed by atoms with E-state index in [-0.39, 0.29) is 18.2 Å². The summed E-state index contributed by atoms with van der Waals surface area (Å²) in [5.41, 5.74) is 0. The molecule has 1 saturated heterocycles. The van der Waals surface area contributed by atoms with E-state index in [9.17, 15) is 9.67 Å². The van der Waals surface area contributed by atoms with Crippen LogP contribution in [0.5, 0.6) is 0 Å². The minimum absolute atomic E-state index is 0.0450. The molecule has 0 aromatic rings. The van der Waals surface area contributed by atoms with Gasteiger partial charge in [0.1, 0.15) is 0 Å². The highest BCUT2D eigenvalue weighted by Crippen LogP contribution is 2.50. The van der Waals surface area contributed by atoms with Gasteiger partial charge in [-0.2, -0.15) is 0 Å². The Bertz CT molecular complexity index is 261. The van der Waals surface area contributed by atoms with E-state index in [0.29, 0.717) is 26.2 Å². The highest BCUT2D eigenvalue weighted by Gasteiger charge is 2.36. The van der Waals surface area contributed by atoms with Crippen molar-refractivity contribution in [1.82, 2.24) is 0 Å². The third-order valence-corrected chi connectivity index (χ3v) is 5.15. The SMILES string of the molecule is CCOP(=O)(C[C@H](C)[C@H]1OCC[C@@H]1O)OCC. The fourth-order valence-corrected chi connectivity index (χ4v) is 4.12. The smallest absolute Gasteiger partial charge is 0.331 e. The molecule has 0 aliphatic carbocycles. The minimum atomic E-state index is -3.05. The third kappa shape index (κ3) is 4.34. The van der Waals surface area contributed by atoms with E-state index < -0.39 is 13.7 Å². The van der Waals surface area contributed by atoms with Gasteiger partial charge in [0.25, 0.3) is 0 Å². The van der Waals surface area contributed by atoms with Crippen LogP contribution in [0.3, 0.4) is 0 Å². The molecule has 0 unspecified atom stereocenters. The summed E-state index contributed by atoms with van der Waals surface area (Å²) in [5.74, 6) is -0.0450. The molecule has 1 rings (SSSR count). The van der Waals surface area contributed by atoms with Crippen LogP contribution in [0, 0.1) is 5.92 Å². The molecule has 1 fully saturated rings. The van der Waals surface area contributed by atoms with Crippen LogP contribution in [0.2, 0.25) is 0 Å². The quantitative estimate of drug-likeness (QED) is 0.714. The highest BCUT2D eigenvalue weighted by molar-refractivity contribution is 7.53. The second-order valence-electron chi connectivity index (χ2n) is 4.30. The molecule has 1 N–H and O–H groups in total. The number of hydrogen-bond donors (Lipinski definition) is 1. The van der Waals surface area contributed by atoms with Crippen LogP contribution in [0.15, 0.2) is 0 Å². The monoisotopic (exact) mass is 266 g/mol. The Morgan fingerprint density at radius 3 is 2.41 bits per heavy atom. The van der Waals surface area contributed by atoms with Crippen molar-refractivity contribution in [3.05, 3.63) is 0 Å². The maximum Gasteiger partial charge on any atom is 0.331 e. The lowest BCUT2D eigenvalue weighted by atomic mass is 10.0. The predicted molar refractivity (Wildman–Crippen MR) is 65.3 cm³/mol. The van der Waals surface area contributed by atoms with Crippen molar-refractivity contribution < 1.29 is 23.5 Å². The van der Waals surface area contributed by atoms with Gasteiger partial charge >= 0.3 is 7.60 Å². The van der Waals surface area contributed by atoms with Crippen molar-refractivity contribution in [3.8, 4) is 0 Å². The number of rotatable bonds is 7. The Morgan fingerprint density at radius 2 is 2.00 bits per heavy atom. The van der Waals surface area contributed by atoms with Crippen LogP contribution in [0.25, 0.3) is 0 Å². The number of hydrogen-bond acceptors (Lipinski definition) is 5. The van der Waals surface area contributed by atoms with Crippen LogP contribution in [-0.2, 0) is 18.3 Å². The molecule has 17 heavy (non-hydrogen) atoms. The number of aliphatic hydroxyl groups excluding tert-OH is 1. The molecule has 0 spiro atoms. The Balaban J connectivity index is 2.57. The maximum absolute atomic E-state index is 12.3. The fourth-order valence-electron chi connectivity index (χ4n) is 2.14. The average Bonchev–Trinajstić information content (AvgIpc) is 2.64. The summed E-state index contributed by atoms with van der Waals surface area (Å²) >= 11 is 0. The van der Waals surface area contributed by atoms with Crippen molar-refractivity contribution in [3.63, 3.8) is 0 Å². The standard InChI is InChI=1S/C11H23O5P/c1-4-15-17(13,16-5-2)8-9(3)11-10(12)6-7-14-11/h9-12H,4-8H2,1-3H3/t9-,10-,11+/m0/s1. The van der Waals surface area contributed by atoms with Gasteiger partial charge in [-0.25, -0.2) is 0 Å². The van der Waals surface area contributed by atoms with Crippen LogP contribution < -0.4 is 0 Å². The summed E-state index contributed by atoms with van der Waals surface area (Å²) in [6, 6.07) is 0. The molecule has 1 aliphatic heterocycles. The largest absolute Gasteiger partial charge is 0.390 e. The van der Waals surface area contributed by atoms with Gasteiger partial charge in [0.2, 0.25) is 0 Å². The lowest BCUT2D eigenvalue weighted by Crippen LogP contribution is -2.30. The Labute approximate surface area is 103 Å². The van der Waals surface area contributed by atoms with Gasteiger partial charge in [0, 0.05) is 6.61 Å². The van der Waals surface area contributed by atoms with E-state index in [2.05, 4.69) is 0 Å². The second kappa shape index (κ2) is 6.86. The molecular weight excluding hydrogens is 243 g/mol. The van der Waals surface area contributed by atoms with Crippen LogP contribution in [0.1, 0.15) is 27.2 Å². The Kier molecular flexibility index (Phi) is 6.10. The first-order chi connectivity index (χ1) is 8.02. The molecule has 0 amide bonds. The van der Waals surface area contributed by atoms with Gasteiger partial charge in [-0.15, -0.1) is 0 Å². The van der Waals surface area contributed by atoms with Crippen molar-refractivity contribution in [1.29, 1.82) is 0 Å². The van der Waals surface area contributed by atoms with Crippen LogP contribution in [-0.4, -0.2) is 43.3 Å². The molecule has 102 valence electrons. The van der Waals surface area contributed by atoms with Crippen molar-refractivity contribution >= 4 is 7.60 Å². The van der Waals surface area contributed by atoms with Gasteiger partial charge < -0.3 is 18.9 Å². The van der Waals surface area contributed by atoms with E-state index in [1.807, 2.05) is 6.92 Å². The topological polar surface area (TPSA) is 65.0 Å². The van der Waals surface area contributed by atoms with Crippen molar-refractivity contribution in [2.24, 2.45) is 5.92 Å². The van der Waals surface area contributed by atoms with E-state index in [1.165, 1.54) is 0 Å². The van der Waals surface area contributed by atoms with Gasteiger partial charge in [0.15, 0.2) is 0 Å². The van der Waals surface area contributed by atoms with E-state index in [0.717, 1.165) is 0 Å². The summed E-state index contributed by atoms with van der Waals surface area (Å²) in [6.07, 6.45) is 0.199. The predicted octanol–water partition coefficient (Wildman–Crippen LogP) is 2.04. The molecule has 6 heteroatoms.